The Bertz CT molecular complexity index is 1120. The quantitative estimate of drug-likeness (QED) is 0.589. The Morgan fingerprint density at radius 2 is 1.47 bits per heavy atom. The molecule has 0 aliphatic carbocycles. The zero-order valence-electron chi connectivity index (χ0n) is 16.5. The first-order valence-corrected chi connectivity index (χ1v) is 10.6. The summed E-state index contributed by atoms with van der Waals surface area (Å²) in [5.41, 5.74) is 2.69. The molecule has 3 rings (SSSR count). The molecule has 0 atom stereocenters. The van der Waals surface area contributed by atoms with E-state index in [2.05, 4.69) is 10.0 Å². The Morgan fingerprint density at radius 3 is 2.07 bits per heavy atom. The van der Waals surface area contributed by atoms with Crippen molar-refractivity contribution in [1.82, 2.24) is 0 Å². The predicted octanol–water partition coefficient (Wildman–Crippen LogP) is 4.26. The van der Waals surface area contributed by atoms with E-state index in [1.807, 2.05) is 32.0 Å². The SMILES string of the molecule is Cc1cccc(C)c1OCC(=O)Nc1ccc(NS(=O)(=O)c2ccc(F)cc2)cc1. The van der Waals surface area contributed by atoms with Gasteiger partial charge in [-0.1, -0.05) is 18.2 Å². The molecule has 30 heavy (non-hydrogen) atoms. The van der Waals surface area contributed by atoms with Crippen molar-refractivity contribution in [1.29, 1.82) is 0 Å². The van der Waals surface area contributed by atoms with Gasteiger partial charge in [0.25, 0.3) is 15.9 Å². The smallest absolute Gasteiger partial charge is 0.262 e. The van der Waals surface area contributed by atoms with E-state index in [9.17, 15) is 17.6 Å². The summed E-state index contributed by atoms with van der Waals surface area (Å²) in [6.07, 6.45) is 0. The molecule has 0 heterocycles. The molecule has 0 saturated heterocycles. The first-order valence-electron chi connectivity index (χ1n) is 9.12. The number of hydrogen-bond acceptors (Lipinski definition) is 4. The molecule has 2 N–H and O–H groups in total. The topological polar surface area (TPSA) is 84.5 Å². The molecular formula is C22H21FN2O4S. The molecule has 0 aliphatic heterocycles. The fourth-order valence-electron chi connectivity index (χ4n) is 2.81. The third-order valence-electron chi connectivity index (χ3n) is 4.30. The number of carbonyl (C=O) groups is 1. The van der Waals surface area contributed by atoms with Crippen molar-refractivity contribution in [3.8, 4) is 5.75 Å². The van der Waals surface area contributed by atoms with Crippen LogP contribution in [0.3, 0.4) is 0 Å². The monoisotopic (exact) mass is 428 g/mol. The van der Waals surface area contributed by atoms with Crippen molar-refractivity contribution in [3.05, 3.63) is 83.7 Å². The van der Waals surface area contributed by atoms with E-state index in [1.54, 1.807) is 12.1 Å². The summed E-state index contributed by atoms with van der Waals surface area (Å²) in [6.45, 7) is 3.67. The first-order chi connectivity index (χ1) is 14.2. The average molecular weight is 428 g/mol. The highest BCUT2D eigenvalue weighted by molar-refractivity contribution is 7.92. The molecule has 0 aromatic heterocycles. The van der Waals surface area contributed by atoms with Gasteiger partial charge in [0, 0.05) is 11.4 Å². The summed E-state index contributed by atoms with van der Waals surface area (Å²) in [6, 6.07) is 16.4. The Hall–Kier alpha value is -3.39. The summed E-state index contributed by atoms with van der Waals surface area (Å²) >= 11 is 0. The number of benzene rings is 3. The number of amides is 1. The number of hydrogen-bond donors (Lipinski definition) is 2. The number of nitrogens with one attached hydrogen (secondary N) is 2. The normalized spacial score (nSPS) is 11.0. The molecule has 0 fully saturated rings. The van der Waals surface area contributed by atoms with Gasteiger partial charge < -0.3 is 10.1 Å². The van der Waals surface area contributed by atoms with Crippen LogP contribution in [0.25, 0.3) is 0 Å². The number of para-hydroxylation sites is 1. The summed E-state index contributed by atoms with van der Waals surface area (Å²) in [4.78, 5) is 12.1. The molecule has 0 saturated carbocycles. The molecule has 0 spiro atoms. The molecule has 6 nitrogen and oxygen atoms in total. The number of aryl methyl sites for hydroxylation is 2. The summed E-state index contributed by atoms with van der Waals surface area (Å²) in [7, 11) is -3.84. The van der Waals surface area contributed by atoms with Gasteiger partial charge in [-0.15, -0.1) is 0 Å². The lowest BCUT2D eigenvalue weighted by atomic mass is 10.1. The van der Waals surface area contributed by atoms with Gasteiger partial charge in [-0.05, 0) is 73.5 Å². The highest BCUT2D eigenvalue weighted by Crippen LogP contribution is 2.22. The van der Waals surface area contributed by atoms with E-state index in [-0.39, 0.29) is 17.4 Å². The van der Waals surface area contributed by atoms with E-state index in [0.29, 0.717) is 17.1 Å². The summed E-state index contributed by atoms with van der Waals surface area (Å²) in [5, 5.41) is 2.70. The van der Waals surface area contributed by atoms with Gasteiger partial charge >= 0.3 is 0 Å². The van der Waals surface area contributed by atoms with Crippen LogP contribution in [0.4, 0.5) is 15.8 Å². The molecule has 0 bridgehead atoms. The van der Waals surface area contributed by atoms with Crippen LogP contribution in [0, 0.1) is 19.7 Å². The molecule has 0 unspecified atom stereocenters. The molecule has 0 aliphatic rings. The van der Waals surface area contributed by atoms with E-state index in [4.69, 9.17) is 4.74 Å². The zero-order chi connectivity index (χ0) is 21.7. The largest absolute Gasteiger partial charge is 0.483 e. The number of carbonyl (C=O) groups excluding carboxylic acids is 1. The van der Waals surface area contributed by atoms with Gasteiger partial charge in [0.05, 0.1) is 4.90 Å². The number of halogens is 1. The van der Waals surface area contributed by atoms with Gasteiger partial charge in [0.2, 0.25) is 0 Å². The van der Waals surface area contributed by atoms with Crippen molar-refractivity contribution in [2.75, 3.05) is 16.6 Å². The molecule has 3 aromatic carbocycles. The molecule has 0 radical (unpaired) electrons. The third-order valence-corrected chi connectivity index (χ3v) is 5.70. The van der Waals surface area contributed by atoms with Gasteiger partial charge in [0.1, 0.15) is 11.6 Å². The Balaban J connectivity index is 1.59. The number of sulfonamides is 1. The fourth-order valence-corrected chi connectivity index (χ4v) is 3.87. The van der Waals surface area contributed by atoms with E-state index < -0.39 is 15.8 Å². The van der Waals surface area contributed by atoms with Crippen LogP contribution in [-0.2, 0) is 14.8 Å². The summed E-state index contributed by atoms with van der Waals surface area (Å²) < 4.78 is 45.7. The van der Waals surface area contributed by atoms with Gasteiger partial charge in [-0.25, -0.2) is 12.8 Å². The maximum Gasteiger partial charge on any atom is 0.262 e. The van der Waals surface area contributed by atoms with Gasteiger partial charge in [-0.3, -0.25) is 9.52 Å². The molecule has 1 amide bonds. The van der Waals surface area contributed by atoms with Crippen molar-refractivity contribution in [2.24, 2.45) is 0 Å². The van der Waals surface area contributed by atoms with E-state index in [1.165, 1.54) is 24.3 Å². The lowest BCUT2D eigenvalue weighted by molar-refractivity contribution is -0.118. The Labute approximate surface area is 174 Å². The number of ether oxygens (including phenoxy) is 1. The third kappa shape index (κ3) is 5.36. The van der Waals surface area contributed by atoms with Crippen molar-refractivity contribution < 1.29 is 22.3 Å². The molecule has 3 aromatic rings. The second-order valence-electron chi connectivity index (χ2n) is 6.69. The van der Waals surface area contributed by atoms with Crippen LogP contribution in [0.5, 0.6) is 5.75 Å². The van der Waals surface area contributed by atoms with E-state index >= 15 is 0 Å². The molecule has 156 valence electrons. The van der Waals surface area contributed by atoms with Gasteiger partial charge in [-0.2, -0.15) is 0 Å². The van der Waals surface area contributed by atoms with Crippen LogP contribution in [0.2, 0.25) is 0 Å². The Kier molecular flexibility index (Phi) is 6.37. The number of anilines is 2. The van der Waals surface area contributed by atoms with Crippen LogP contribution in [-0.4, -0.2) is 20.9 Å². The maximum absolute atomic E-state index is 13.0. The minimum atomic E-state index is -3.84. The van der Waals surface area contributed by atoms with Gasteiger partial charge in [0.15, 0.2) is 6.61 Å². The van der Waals surface area contributed by atoms with Crippen LogP contribution >= 0.6 is 0 Å². The predicted molar refractivity (Wildman–Crippen MR) is 114 cm³/mol. The van der Waals surface area contributed by atoms with Crippen molar-refractivity contribution in [3.63, 3.8) is 0 Å². The molecule has 8 heteroatoms. The highest BCUT2D eigenvalue weighted by Gasteiger charge is 2.14. The lowest BCUT2D eigenvalue weighted by Gasteiger charge is -2.12. The Morgan fingerprint density at radius 1 is 0.900 bits per heavy atom. The van der Waals surface area contributed by atoms with Crippen molar-refractivity contribution in [2.45, 2.75) is 18.7 Å². The van der Waals surface area contributed by atoms with Crippen molar-refractivity contribution >= 4 is 27.3 Å². The van der Waals surface area contributed by atoms with Crippen LogP contribution < -0.4 is 14.8 Å². The van der Waals surface area contributed by atoms with E-state index in [0.717, 1.165) is 23.3 Å². The second kappa shape index (κ2) is 8.96. The second-order valence-corrected chi connectivity index (χ2v) is 8.38. The lowest BCUT2D eigenvalue weighted by Crippen LogP contribution is -2.20. The zero-order valence-corrected chi connectivity index (χ0v) is 17.3. The minimum absolute atomic E-state index is 0.0510. The summed E-state index contributed by atoms with van der Waals surface area (Å²) in [5.74, 6) is -0.175. The minimum Gasteiger partial charge on any atom is -0.483 e. The fraction of sp³-hybridized carbons (Fsp3) is 0.136. The standard InChI is InChI=1S/C22H21FN2O4S/c1-15-4-3-5-16(2)22(15)29-14-21(26)24-18-8-10-19(11-9-18)25-30(27,28)20-12-6-17(23)7-13-20/h3-13,25H,14H2,1-2H3,(H,24,26). The average Bonchev–Trinajstić information content (AvgIpc) is 2.69. The maximum atomic E-state index is 13.0. The first kappa shape index (κ1) is 21.3. The van der Waals surface area contributed by atoms with Crippen LogP contribution in [0.15, 0.2) is 71.6 Å². The van der Waals surface area contributed by atoms with Crippen LogP contribution in [0.1, 0.15) is 11.1 Å². The molecular weight excluding hydrogens is 407 g/mol. The number of rotatable bonds is 7. The highest BCUT2D eigenvalue weighted by atomic mass is 32.2.